The molecule has 0 saturated heterocycles. The van der Waals surface area contributed by atoms with E-state index in [-0.39, 0.29) is 0 Å². The fourth-order valence-corrected chi connectivity index (χ4v) is 7.25. The zero-order valence-electron chi connectivity index (χ0n) is 27.5. The van der Waals surface area contributed by atoms with Crippen LogP contribution in [0.25, 0.3) is 99.9 Å². The van der Waals surface area contributed by atoms with Crippen LogP contribution in [0.15, 0.2) is 180 Å². The number of aromatic nitrogens is 3. The molecule has 2 heterocycles. The Morgan fingerprint density at radius 1 is 0.333 bits per heavy atom. The molecular formula is C47H29N3O. The van der Waals surface area contributed by atoms with E-state index in [4.69, 9.17) is 19.4 Å². The topological polar surface area (TPSA) is 51.8 Å². The molecule has 0 saturated carbocycles. The van der Waals surface area contributed by atoms with Gasteiger partial charge in [-0.25, -0.2) is 15.0 Å². The van der Waals surface area contributed by atoms with Crippen molar-refractivity contribution in [2.45, 2.75) is 0 Å². The van der Waals surface area contributed by atoms with Crippen LogP contribution in [-0.4, -0.2) is 15.0 Å². The first kappa shape index (κ1) is 29.0. The molecule has 4 nitrogen and oxygen atoms in total. The SMILES string of the molecule is c1ccc(-c2cccc(-c3nc(-c4ccc5ccccc5c4)nc(-c4cc5cccc(-c6ccccc6)c5c5oc6ccccc6c45)n3)c2)cc1. The fraction of sp³-hybridized carbons (Fsp3) is 0. The molecule has 0 radical (unpaired) electrons. The van der Waals surface area contributed by atoms with Crippen molar-refractivity contribution in [3.8, 4) is 56.4 Å². The molecule has 10 aromatic rings. The quantitative estimate of drug-likeness (QED) is 0.186. The standard InChI is InChI=1S/C47H29N3O/c1-3-13-30(14-4-1)34-19-11-21-36(27-34)45-48-46(37-26-25-31-15-7-8-18-33(31)28-37)50-47(49-45)40-29-35-20-12-23-38(32-16-5-2-6-17-32)42(35)44-43(40)39-22-9-10-24-41(39)51-44/h1-29H. The third kappa shape index (κ3) is 5.04. The van der Waals surface area contributed by atoms with E-state index in [0.717, 1.165) is 77.0 Å². The first-order valence-corrected chi connectivity index (χ1v) is 17.1. The van der Waals surface area contributed by atoms with Crippen LogP contribution in [0.4, 0.5) is 0 Å². The summed E-state index contributed by atoms with van der Waals surface area (Å²) < 4.78 is 6.76. The van der Waals surface area contributed by atoms with Crippen LogP contribution in [0.3, 0.4) is 0 Å². The lowest BCUT2D eigenvalue weighted by atomic mass is 9.93. The molecule has 238 valence electrons. The smallest absolute Gasteiger partial charge is 0.164 e. The lowest BCUT2D eigenvalue weighted by Gasteiger charge is -2.13. The Morgan fingerprint density at radius 2 is 0.941 bits per heavy atom. The minimum atomic E-state index is 0.594. The van der Waals surface area contributed by atoms with Gasteiger partial charge in [0.05, 0.1) is 0 Å². The van der Waals surface area contributed by atoms with Gasteiger partial charge in [0.15, 0.2) is 17.5 Å². The maximum atomic E-state index is 6.76. The average Bonchev–Trinajstić information content (AvgIpc) is 3.60. The first-order chi connectivity index (χ1) is 25.3. The summed E-state index contributed by atoms with van der Waals surface area (Å²) in [5.74, 6) is 1.82. The Hall–Kier alpha value is -6.91. The Morgan fingerprint density at radius 3 is 1.76 bits per heavy atom. The van der Waals surface area contributed by atoms with Gasteiger partial charge >= 0.3 is 0 Å². The molecule has 0 spiro atoms. The minimum Gasteiger partial charge on any atom is -0.455 e. The molecule has 0 N–H and O–H groups in total. The van der Waals surface area contributed by atoms with Gasteiger partial charge in [0.2, 0.25) is 0 Å². The summed E-state index contributed by atoms with van der Waals surface area (Å²) in [4.78, 5) is 15.6. The first-order valence-electron chi connectivity index (χ1n) is 17.1. The van der Waals surface area contributed by atoms with Crippen molar-refractivity contribution in [1.82, 2.24) is 15.0 Å². The summed E-state index contributed by atoms with van der Waals surface area (Å²) >= 11 is 0. The number of furan rings is 1. The second-order valence-electron chi connectivity index (χ2n) is 12.8. The van der Waals surface area contributed by atoms with Crippen LogP contribution in [0.5, 0.6) is 0 Å². The molecule has 0 amide bonds. The molecule has 4 heteroatoms. The van der Waals surface area contributed by atoms with Crippen molar-refractivity contribution in [2.24, 2.45) is 0 Å². The largest absolute Gasteiger partial charge is 0.455 e. The Labute approximate surface area is 294 Å². The highest BCUT2D eigenvalue weighted by Crippen LogP contribution is 2.44. The van der Waals surface area contributed by atoms with E-state index < -0.39 is 0 Å². The van der Waals surface area contributed by atoms with Crippen LogP contribution >= 0.6 is 0 Å². The van der Waals surface area contributed by atoms with E-state index in [9.17, 15) is 0 Å². The van der Waals surface area contributed by atoms with Gasteiger partial charge in [0.1, 0.15) is 11.2 Å². The van der Waals surface area contributed by atoms with Gasteiger partial charge in [-0.05, 0) is 62.7 Å². The molecule has 10 rings (SSSR count). The summed E-state index contributed by atoms with van der Waals surface area (Å²) in [6, 6.07) is 61.0. The monoisotopic (exact) mass is 651 g/mol. The highest BCUT2D eigenvalue weighted by Gasteiger charge is 2.22. The molecule has 0 aliphatic rings. The number of hydrogen-bond donors (Lipinski definition) is 0. The van der Waals surface area contributed by atoms with Crippen molar-refractivity contribution in [1.29, 1.82) is 0 Å². The molecule has 0 aliphatic heterocycles. The average molecular weight is 652 g/mol. The number of rotatable bonds is 5. The van der Waals surface area contributed by atoms with Crippen LogP contribution in [0.2, 0.25) is 0 Å². The van der Waals surface area contributed by atoms with Crippen LogP contribution in [0.1, 0.15) is 0 Å². The number of nitrogens with zero attached hydrogens (tertiary/aromatic N) is 3. The predicted molar refractivity (Wildman–Crippen MR) is 209 cm³/mol. The van der Waals surface area contributed by atoms with Gasteiger partial charge in [-0.3, -0.25) is 0 Å². The van der Waals surface area contributed by atoms with E-state index in [1.54, 1.807) is 0 Å². The van der Waals surface area contributed by atoms with E-state index in [1.165, 1.54) is 5.39 Å². The molecular weight excluding hydrogens is 623 g/mol. The zero-order valence-corrected chi connectivity index (χ0v) is 27.5. The van der Waals surface area contributed by atoms with Crippen LogP contribution < -0.4 is 0 Å². The summed E-state index contributed by atoms with van der Waals surface area (Å²) in [6.07, 6.45) is 0. The van der Waals surface area contributed by atoms with E-state index in [1.807, 2.05) is 24.3 Å². The van der Waals surface area contributed by atoms with Gasteiger partial charge in [0.25, 0.3) is 0 Å². The molecule has 0 bridgehead atoms. The molecule has 8 aromatic carbocycles. The van der Waals surface area contributed by atoms with Gasteiger partial charge in [-0.1, -0.05) is 152 Å². The molecule has 0 aliphatic carbocycles. The van der Waals surface area contributed by atoms with Crippen molar-refractivity contribution >= 4 is 43.5 Å². The molecule has 2 aromatic heterocycles. The van der Waals surface area contributed by atoms with E-state index in [2.05, 4.69) is 152 Å². The molecule has 51 heavy (non-hydrogen) atoms. The maximum Gasteiger partial charge on any atom is 0.164 e. The third-order valence-corrected chi connectivity index (χ3v) is 9.69. The number of fused-ring (bicyclic) bond motifs is 6. The summed E-state index contributed by atoms with van der Waals surface area (Å²) in [5.41, 5.74) is 8.89. The lowest BCUT2D eigenvalue weighted by Crippen LogP contribution is -2.01. The van der Waals surface area contributed by atoms with E-state index >= 15 is 0 Å². The van der Waals surface area contributed by atoms with E-state index in [0.29, 0.717) is 17.5 Å². The number of hydrogen-bond acceptors (Lipinski definition) is 4. The van der Waals surface area contributed by atoms with Gasteiger partial charge in [-0.2, -0.15) is 0 Å². The van der Waals surface area contributed by atoms with Crippen molar-refractivity contribution < 1.29 is 4.42 Å². The second kappa shape index (κ2) is 11.9. The highest BCUT2D eigenvalue weighted by atomic mass is 16.3. The second-order valence-corrected chi connectivity index (χ2v) is 12.8. The fourth-order valence-electron chi connectivity index (χ4n) is 7.25. The normalized spacial score (nSPS) is 11.5. The summed E-state index contributed by atoms with van der Waals surface area (Å²) in [5, 5.41) is 6.43. The van der Waals surface area contributed by atoms with Crippen molar-refractivity contribution in [3.05, 3.63) is 176 Å². The Balaban J connectivity index is 1.27. The van der Waals surface area contributed by atoms with Crippen LogP contribution in [-0.2, 0) is 0 Å². The van der Waals surface area contributed by atoms with Crippen molar-refractivity contribution in [2.75, 3.05) is 0 Å². The lowest BCUT2D eigenvalue weighted by molar-refractivity contribution is 0.673. The predicted octanol–water partition coefficient (Wildman–Crippen LogP) is 12.4. The molecule has 0 atom stereocenters. The minimum absolute atomic E-state index is 0.594. The summed E-state index contributed by atoms with van der Waals surface area (Å²) in [7, 11) is 0. The van der Waals surface area contributed by atoms with Crippen LogP contribution in [0, 0.1) is 0 Å². The molecule has 0 unspecified atom stereocenters. The summed E-state index contributed by atoms with van der Waals surface area (Å²) in [6.45, 7) is 0. The van der Waals surface area contributed by atoms with Gasteiger partial charge in [-0.15, -0.1) is 0 Å². The highest BCUT2D eigenvalue weighted by molar-refractivity contribution is 6.23. The number of benzene rings is 8. The third-order valence-electron chi connectivity index (χ3n) is 9.69. The zero-order chi connectivity index (χ0) is 33.7. The maximum absolute atomic E-state index is 6.76. The molecule has 0 fully saturated rings. The van der Waals surface area contributed by atoms with Gasteiger partial charge in [0, 0.05) is 32.8 Å². The Bertz CT molecular complexity index is 2910. The van der Waals surface area contributed by atoms with Crippen molar-refractivity contribution in [3.63, 3.8) is 0 Å². The number of para-hydroxylation sites is 1. The Kier molecular flexibility index (Phi) is 6.78. The van der Waals surface area contributed by atoms with Gasteiger partial charge < -0.3 is 4.42 Å².